The van der Waals surface area contributed by atoms with E-state index in [-0.39, 0.29) is 27.6 Å². The summed E-state index contributed by atoms with van der Waals surface area (Å²) >= 11 is 17.9. The molecule has 1 saturated carbocycles. The van der Waals surface area contributed by atoms with Gasteiger partial charge in [0, 0.05) is 17.3 Å². The number of thioether (sulfide) groups is 1. The summed E-state index contributed by atoms with van der Waals surface area (Å²) in [7, 11) is 0. The second-order valence-corrected chi connectivity index (χ2v) is 12.4. The minimum absolute atomic E-state index is 0.0276. The minimum Gasteiger partial charge on any atom is -0.326 e. The Bertz CT molecular complexity index is 1670. The normalized spacial score (nSPS) is 17.4. The molecular formula is C27H16Cl3F8N3O3S. The van der Waals surface area contributed by atoms with Crippen LogP contribution in [0.25, 0.3) is 0 Å². The molecule has 0 bridgehead atoms. The van der Waals surface area contributed by atoms with Crippen LogP contribution in [0.15, 0.2) is 54.6 Å². The van der Waals surface area contributed by atoms with Crippen molar-refractivity contribution < 1.29 is 49.5 Å². The lowest BCUT2D eigenvalue weighted by Gasteiger charge is -2.12. The Morgan fingerprint density at radius 1 is 0.822 bits per heavy atom. The van der Waals surface area contributed by atoms with E-state index in [9.17, 15) is 49.5 Å². The van der Waals surface area contributed by atoms with Crippen LogP contribution >= 0.6 is 46.6 Å². The second-order valence-electron chi connectivity index (χ2n) is 9.48. The lowest BCUT2D eigenvalue weighted by atomic mass is 10.0. The topological polar surface area (TPSA) is 87.3 Å². The van der Waals surface area contributed by atoms with Gasteiger partial charge in [0.2, 0.25) is 11.8 Å². The molecule has 0 aliphatic heterocycles. The number of rotatable bonds is 8. The maximum atomic E-state index is 14.6. The van der Waals surface area contributed by atoms with Gasteiger partial charge in [0.05, 0.1) is 33.5 Å². The summed E-state index contributed by atoms with van der Waals surface area (Å²) in [5.41, 5.74) is -7.13. The molecule has 6 nitrogen and oxygen atoms in total. The Morgan fingerprint density at radius 2 is 1.47 bits per heavy atom. The highest BCUT2D eigenvalue weighted by Gasteiger charge is 2.67. The van der Waals surface area contributed by atoms with Gasteiger partial charge in [-0.3, -0.25) is 14.4 Å². The Morgan fingerprint density at radius 3 is 2.09 bits per heavy atom. The molecule has 0 unspecified atom stereocenters. The summed E-state index contributed by atoms with van der Waals surface area (Å²) < 4.78 is 103. The molecular weight excluding hydrogens is 705 g/mol. The van der Waals surface area contributed by atoms with E-state index in [2.05, 4.69) is 16.0 Å². The molecule has 1 fully saturated rings. The number of halogens is 11. The van der Waals surface area contributed by atoms with Crippen molar-refractivity contribution in [3.63, 3.8) is 0 Å². The first kappa shape index (κ1) is 34.6. The van der Waals surface area contributed by atoms with E-state index in [1.807, 2.05) is 0 Å². The van der Waals surface area contributed by atoms with Gasteiger partial charge in [-0.25, -0.2) is 8.78 Å². The van der Waals surface area contributed by atoms with Gasteiger partial charge < -0.3 is 16.0 Å². The first-order valence-electron chi connectivity index (χ1n) is 12.2. The molecule has 0 aromatic heterocycles. The molecule has 45 heavy (non-hydrogen) atoms. The SMILES string of the molecule is O=C(CSC(F)(F)F)Nc1ccc(C(=O)Nc2cc(NC(=O)[C@H]3[C@H](c4ccc(F)c(C(F)(F)F)c4)C3(Cl)Cl)ccc2Cl)c(F)c1. The molecule has 1 aliphatic carbocycles. The Labute approximate surface area is 267 Å². The fourth-order valence-corrected chi connectivity index (χ4v) is 5.61. The first-order chi connectivity index (χ1) is 20.8. The standard InChI is InChI=1S/C27H16Cl3F8N3O3S/c28-16-5-3-13(40-24(44)22-21(25(22,29)30)11-1-6-17(31)15(7-11)26(33,34)35)9-19(16)41-23(43)14-4-2-12(8-18(14)32)39-20(42)10-45-27(36,37)38/h1-9,21-22H,10H2,(H,39,42)(H,40,44)(H,41,43)/t21-,22+/m0/s1. The van der Waals surface area contributed by atoms with Crippen molar-refractivity contribution in [1.29, 1.82) is 0 Å². The van der Waals surface area contributed by atoms with Crippen LogP contribution in [0, 0.1) is 17.6 Å². The van der Waals surface area contributed by atoms with Gasteiger partial charge >= 0.3 is 11.7 Å². The van der Waals surface area contributed by atoms with Crippen LogP contribution in [-0.4, -0.2) is 33.3 Å². The molecule has 0 radical (unpaired) electrons. The van der Waals surface area contributed by atoms with Crippen LogP contribution in [0.1, 0.15) is 27.4 Å². The summed E-state index contributed by atoms with van der Waals surface area (Å²) in [4.78, 5) is 37.4. The summed E-state index contributed by atoms with van der Waals surface area (Å²) in [6.45, 7) is 0. The molecule has 0 spiro atoms. The van der Waals surface area contributed by atoms with E-state index in [0.717, 1.165) is 24.3 Å². The summed E-state index contributed by atoms with van der Waals surface area (Å²) in [6, 6.07) is 8.67. The van der Waals surface area contributed by atoms with Crippen LogP contribution in [-0.2, 0) is 15.8 Å². The predicted molar refractivity (Wildman–Crippen MR) is 154 cm³/mol. The number of amides is 3. The van der Waals surface area contributed by atoms with Crippen molar-refractivity contribution in [1.82, 2.24) is 0 Å². The van der Waals surface area contributed by atoms with Gasteiger partial charge in [-0.05, 0) is 65.9 Å². The van der Waals surface area contributed by atoms with Crippen molar-refractivity contribution in [3.05, 3.63) is 87.9 Å². The van der Waals surface area contributed by atoms with E-state index in [1.54, 1.807) is 0 Å². The van der Waals surface area contributed by atoms with Crippen molar-refractivity contribution in [3.8, 4) is 0 Å². The third kappa shape index (κ3) is 8.31. The van der Waals surface area contributed by atoms with E-state index >= 15 is 0 Å². The fourth-order valence-electron chi connectivity index (χ4n) is 4.25. The van der Waals surface area contributed by atoms with E-state index in [0.29, 0.717) is 12.1 Å². The molecule has 0 saturated heterocycles. The van der Waals surface area contributed by atoms with Gasteiger partial charge in [0.1, 0.15) is 16.0 Å². The van der Waals surface area contributed by atoms with E-state index < -0.39 is 85.9 Å². The fraction of sp³-hybridized carbons (Fsp3) is 0.222. The number of alkyl halides is 8. The predicted octanol–water partition coefficient (Wildman–Crippen LogP) is 8.61. The molecule has 0 heterocycles. The lowest BCUT2D eigenvalue weighted by molar-refractivity contribution is -0.140. The quantitative estimate of drug-likeness (QED) is 0.161. The van der Waals surface area contributed by atoms with Gasteiger partial charge in [-0.1, -0.05) is 17.7 Å². The maximum absolute atomic E-state index is 14.6. The number of hydrogen-bond donors (Lipinski definition) is 3. The zero-order valence-electron chi connectivity index (χ0n) is 21.8. The summed E-state index contributed by atoms with van der Waals surface area (Å²) in [6.07, 6.45) is -5.00. The zero-order valence-corrected chi connectivity index (χ0v) is 24.9. The highest BCUT2D eigenvalue weighted by molar-refractivity contribution is 8.00. The second kappa shape index (κ2) is 12.9. The maximum Gasteiger partial charge on any atom is 0.442 e. The third-order valence-electron chi connectivity index (χ3n) is 6.34. The van der Waals surface area contributed by atoms with Gasteiger partial charge in [0.15, 0.2) is 0 Å². The summed E-state index contributed by atoms with van der Waals surface area (Å²) in [5.74, 6) is -8.88. The molecule has 4 rings (SSSR count). The largest absolute Gasteiger partial charge is 0.442 e. The molecule has 3 amide bonds. The highest BCUT2D eigenvalue weighted by Crippen LogP contribution is 2.65. The third-order valence-corrected chi connectivity index (χ3v) is 8.34. The van der Waals surface area contributed by atoms with Crippen molar-refractivity contribution in [2.75, 3.05) is 21.7 Å². The van der Waals surface area contributed by atoms with Crippen LogP contribution in [0.5, 0.6) is 0 Å². The van der Waals surface area contributed by atoms with Gasteiger partial charge in [0.25, 0.3) is 5.91 Å². The lowest BCUT2D eigenvalue weighted by Crippen LogP contribution is -2.19. The monoisotopic (exact) mass is 719 g/mol. The van der Waals surface area contributed by atoms with E-state index in [1.165, 1.54) is 18.2 Å². The smallest absolute Gasteiger partial charge is 0.326 e. The zero-order chi connectivity index (χ0) is 33.5. The number of nitrogens with one attached hydrogen (secondary N) is 3. The number of hydrogen-bond acceptors (Lipinski definition) is 4. The molecule has 3 aromatic carbocycles. The van der Waals surface area contributed by atoms with Crippen molar-refractivity contribution in [2.24, 2.45) is 5.92 Å². The van der Waals surface area contributed by atoms with Crippen LogP contribution in [0.4, 0.5) is 52.2 Å². The number of benzene rings is 3. The average molecular weight is 721 g/mol. The van der Waals surface area contributed by atoms with Gasteiger partial charge in [-0.2, -0.15) is 26.3 Å². The number of carbonyl (C=O) groups is 3. The number of anilines is 3. The molecule has 3 aromatic rings. The molecule has 3 N–H and O–H groups in total. The van der Waals surface area contributed by atoms with E-state index in [4.69, 9.17) is 34.8 Å². The average Bonchev–Trinajstić information content (AvgIpc) is 3.50. The Kier molecular flexibility index (Phi) is 9.88. The first-order valence-corrected chi connectivity index (χ1v) is 14.4. The highest BCUT2D eigenvalue weighted by atomic mass is 35.5. The van der Waals surface area contributed by atoms with Crippen molar-refractivity contribution in [2.45, 2.75) is 21.9 Å². The Hall–Kier alpha value is -3.27. The van der Waals surface area contributed by atoms with Gasteiger partial charge in [-0.15, -0.1) is 23.2 Å². The van der Waals surface area contributed by atoms with Crippen LogP contribution < -0.4 is 16.0 Å². The van der Waals surface area contributed by atoms with Crippen molar-refractivity contribution >= 4 is 81.3 Å². The molecule has 2 atom stereocenters. The van der Waals surface area contributed by atoms with Crippen LogP contribution in [0.3, 0.4) is 0 Å². The molecule has 240 valence electrons. The molecule has 1 aliphatic rings. The number of carbonyl (C=O) groups excluding carboxylic acids is 3. The van der Waals surface area contributed by atoms with Crippen LogP contribution in [0.2, 0.25) is 5.02 Å². The summed E-state index contributed by atoms with van der Waals surface area (Å²) in [5, 5.41) is 6.80. The minimum atomic E-state index is -5.00. The molecule has 18 heteroatoms. The Balaban J connectivity index is 1.44.